The van der Waals surface area contributed by atoms with Gasteiger partial charge in [-0.05, 0) is 31.4 Å². The first-order valence-electron chi connectivity index (χ1n) is 6.98. The van der Waals surface area contributed by atoms with Crippen molar-refractivity contribution in [2.75, 3.05) is 6.61 Å². The van der Waals surface area contributed by atoms with Crippen LogP contribution in [0.4, 0.5) is 0 Å². The average Bonchev–Trinajstić information content (AvgIpc) is 2.51. The number of nitrogens with zero attached hydrogens (tertiary/aromatic N) is 1. The second-order valence-electron chi connectivity index (χ2n) is 4.88. The fourth-order valence-electron chi connectivity index (χ4n) is 2.49. The number of pyridine rings is 1. The number of aromatic nitrogens is 1. The summed E-state index contributed by atoms with van der Waals surface area (Å²) < 4.78 is 5.69. The molecule has 2 aromatic carbocycles. The van der Waals surface area contributed by atoms with Crippen LogP contribution in [-0.2, 0) is 0 Å². The molecule has 2 nitrogen and oxygen atoms in total. The maximum Gasteiger partial charge on any atom is 0.217 e. The van der Waals surface area contributed by atoms with Gasteiger partial charge in [0, 0.05) is 21.5 Å². The summed E-state index contributed by atoms with van der Waals surface area (Å²) in [7, 11) is 0. The standard InChI is InChI=1S/C18H16ClNO/c1-3-21-18-12(2)15-10-9-14(19)11-16(15)17(20-18)13-7-5-4-6-8-13/h4-11H,3H2,1-2H3. The first-order chi connectivity index (χ1) is 10.2. The average molecular weight is 298 g/mol. The van der Waals surface area contributed by atoms with Gasteiger partial charge in [-0.1, -0.05) is 48.0 Å². The second kappa shape index (κ2) is 5.74. The first-order valence-corrected chi connectivity index (χ1v) is 7.36. The topological polar surface area (TPSA) is 22.1 Å². The van der Waals surface area contributed by atoms with Crippen LogP contribution in [-0.4, -0.2) is 11.6 Å². The van der Waals surface area contributed by atoms with Crippen LogP contribution in [0.1, 0.15) is 12.5 Å². The van der Waals surface area contributed by atoms with Crippen molar-refractivity contribution in [3.63, 3.8) is 0 Å². The molecule has 0 spiro atoms. The van der Waals surface area contributed by atoms with Crippen LogP contribution in [0.15, 0.2) is 48.5 Å². The lowest BCUT2D eigenvalue weighted by Gasteiger charge is -2.13. The molecule has 3 aromatic rings. The van der Waals surface area contributed by atoms with Crippen LogP contribution in [0, 0.1) is 6.92 Å². The smallest absolute Gasteiger partial charge is 0.217 e. The van der Waals surface area contributed by atoms with Crippen molar-refractivity contribution in [3.8, 4) is 17.1 Å². The minimum atomic E-state index is 0.598. The van der Waals surface area contributed by atoms with Crippen molar-refractivity contribution >= 4 is 22.4 Å². The molecular weight excluding hydrogens is 282 g/mol. The summed E-state index contributed by atoms with van der Waals surface area (Å²) in [6.45, 7) is 4.60. The highest BCUT2D eigenvalue weighted by Gasteiger charge is 2.13. The van der Waals surface area contributed by atoms with Gasteiger partial charge in [-0.2, -0.15) is 0 Å². The molecule has 0 amide bonds. The third-order valence-electron chi connectivity index (χ3n) is 3.50. The molecule has 106 valence electrons. The summed E-state index contributed by atoms with van der Waals surface area (Å²) in [5, 5.41) is 2.89. The molecular formula is C18H16ClNO. The van der Waals surface area contributed by atoms with Crippen LogP contribution in [0.25, 0.3) is 22.0 Å². The van der Waals surface area contributed by atoms with E-state index in [1.54, 1.807) is 0 Å². The van der Waals surface area contributed by atoms with E-state index in [1.807, 2.05) is 62.4 Å². The Morgan fingerprint density at radius 2 is 1.81 bits per heavy atom. The summed E-state index contributed by atoms with van der Waals surface area (Å²) in [4.78, 5) is 4.72. The Morgan fingerprint density at radius 3 is 2.52 bits per heavy atom. The van der Waals surface area contributed by atoms with Crippen molar-refractivity contribution in [2.45, 2.75) is 13.8 Å². The minimum Gasteiger partial charge on any atom is -0.478 e. The van der Waals surface area contributed by atoms with Gasteiger partial charge in [0.15, 0.2) is 0 Å². The zero-order valence-corrected chi connectivity index (χ0v) is 12.8. The summed E-state index contributed by atoms with van der Waals surface area (Å²) in [5.41, 5.74) is 3.01. The lowest BCUT2D eigenvalue weighted by Crippen LogP contribution is -2.00. The van der Waals surface area contributed by atoms with Crippen LogP contribution in [0.2, 0.25) is 5.02 Å². The SMILES string of the molecule is CCOc1nc(-c2ccccc2)c2cc(Cl)ccc2c1C. The second-order valence-corrected chi connectivity index (χ2v) is 5.32. The zero-order valence-electron chi connectivity index (χ0n) is 12.1. The van der Waals surface area contributed by atoms with E-state index in [2.05, 4.69) is 0 Å². The largest absolute Gasteiger partial charge is 0.478 e. The molecule has 0 saturated carbocycles. The lowest BCUT2D eigenvalue weighted by molar-refractivity contribution is 0.325. The predicted octanol–water partition coefficient (Wildman–Crippen LogP) is 5.26. The summed E-state index contributed by atoms with van der Waals surface area (Å²) in [6.07, 6.45) is 0. The molecule has 0 aliphatic heterocycles. The van der Waals surface area contributed by atoms with Gasteiger partial charge in [0.1, 0.15) is 0 Å². The minimum absolute atomic E-state index is 0.598. The van der Waals surface area contributed by atoms with E-state index in [4.69, 9.17) is 21.3 Å². The van der Waals surface area contributed by atoms with E-state index < -0.39 is 0 Å². The molecule has 0 bridgehead atoms. The van der Waals surface area contributed by atoms with Gasteiger partial charge in [-0.15, -0.1) is 0 Å². The van der Waals surface area contributed by atoms with Crippen LogP contribution >= 0.6 is 11.6 Å². The Hall–Kier alpha value is -2.06. The Kier molecular flexibility index (Phi) is 3.80. The van der Waals surface area contributed by atoms with Crippen molar-refractivity contribution in [2.24, 2.45) is 0 Å². The van der Waals surface area contributed by atoms with E-state index in [9.17, 15) is 0 Å². The Morgan fingerprint density at radius 1 is 1.05 bits per heavy atom. The first kappa shape index (κ1) is 13.9. The number of benzene rings is 2. The Balaban J connectivity index is 2.36. The lowest BCUT2D eigenvalue weighted by atomic mass is 10.0. The molecule has 3 rings (SSSR count). The summed E-state index contributed by atoms with van der Waals surface area (Å²) >= 11 is 6.17. The number of halogens is 1. The van der Waals surface area contributed by atoms with E-state index in [0.717, 1.165) is 27.6 Å². The van der Waals surface area contributed by atoms with E-state index in [-0.39, 0.29) is 0 Å². The zero-order chi connectivity index (χ0) is 14.8. The molecule has 3 heteroatoms. The highest BCUT2D eigenvalue weighted by molar-refractivity contribution is 6.31. The Bertz CT molecular complexity index is 784. The molecule has 0 aliphatic carbocycles. The molecule has 0 atom stereocenters. The van der Waals surface area contributed by atoms with Crippen LogP contribution in [0.5, 0.6) is 5.88 Å². The van der Waals surface area contributed by atoms with Gasteiger partial charge < -0.3 is 4.74 Å². The van der Waals surface area contributed by atoms with Gasteiger partial charge >= 0.3 is 0 Å². The van der Waals surface area contributed by atoms with Crippen molar-refractivity contribution in [1.82, 2.24) is 4.98 Å². The van der Waals surface area contributed by atoms with Gasteiger partial charge in [-0.3, -0.25) is 0 Å². The number of ether oxygens (including phenoxy) is 1. The number of fused-ring (bicyclic) bond motifs is 1. The molecule has 1 heterocycles. The molecule has 0 saturated heterocycles. The highest BCUT2D eigenvalue weighted by Crippen LogP contribution is 2.34. The monoisotopic (exact) mass is 297 g/mol. The summed E-state index contributed by atoms with van der Waals surface area (Å²) in [5.74, 6) is 0.686. The number of aryl methyl sites for hydroxylation is 1. The fourth-order valence-corrected chi connectivity index (χ4v) is 2.67. The molecule has 0 radical (unpaired) electrons. The van der Waals surface area contributed by atoms with Gasteiger partial charge in [0.25, 0.3) is 0 Å². The van der Waals surface area contributed by atoms with Crippen molar-refractivity contribution in [3.05, 3.63) is 59.1 Å². The van der Waals surface area contributed by atoms with Gasteiger partial charge in [0.2, 0.25) is 5.88 Å². The van der Waals surface area contributed by atoms with Gasteiger partial charge in [-0.25, -0.2) is 4.98 Å². The number of hydrogen-bond donors (Lipinski definition) is 0. The van der Waals surface area contributed by atoms with Crippen molar-refractivity contribution in [1.29, 1.82) is 0 Å². The van der Waals surface area contributed by atoms with Gasteiger partial charge in [0.05, 0.1) is 12.3 Å². The third-order valence-corrected chi connectivity index (χ3v) is 3.74. The molecule has 0 fully saturated rings. The highest BCUT2D eigenvalue weighted by atomic mass is 35.5. The van der Waals surface area contributed by atoms with Crippen molar-refractivity contribution < 1.29 is 4.74 Å². The van der Waals surface area contributed by atoms with Crippen LogP contribution in [0.3, 0.4) is 0 Å². The van der Waals surface area contributed by atoms with E-state index in [1.165, 1.54) is 0 Å². The summed E-state index contributed by atoms with van der Waals surface area (Å²) in [6, 6.07) is 16.0. The maximum absolute atomic E-state index is 6.17. The molecule has 0 aliphatic rings. The quantitative estimate of drug-likeness (QED) is 0.657. The molecule has 21 heavy (non-hydrogen) atoms. The van der Waals surface area contributed by atoms with E-state index in [0.29, 0.717) is 17.5 Å². The third kappa shape index (κ3) is 2.59. The van der Waals surface area contributed by atoms with E-state index >= 15 is 0 Å². The number of rotatable bonds is 3. The molecule has 0 unspecified atom stereocenters. The van der Waals surface area contributed by atoms with Crippen LogP contribution < -0.4 is 4.74 Å². The fraction of sp³-hybridized carbons (Fsp3) is 0.167. The Labute approximate surface area is 129 Å². The maximum atomic E-state index is 6.17. The number of hydrogen-bond acceptors (Lipinski definition) is 2. The molecule has 0 N–H and O–H groups in total. The normalized spacial score (nSPS) is 10.8. The predicted molar refractivity (Wildman–Crippen MR) is 88.1 cm³/mol. The molecule has 1 aromatic heterocycles.